The van der Waals surface area contributed by atoms with Crippen LogP contribution in [-0.2, 0) is 9.53 Å². The van der Waals surface area contributed by atoms with E-state index in [1.807, 2.05) is 20.8 Å². The van der Waals surface area contributed by atoms with Crippen molar-refractivity contribution in [3.05, 3.63) is 0 Å². The standard InChI is InChI=1S/C12H23N3O3/c1-8(13)10(16)15-6-5-9(7-15)14-11(17)18-12(2,3)4/h8-9H,5-7,13H2,1-4H3,(H,14,17)/t8-,9-/m0/s1. The van der Waals surface area contributed by atoms with Gasteiger partial charge >= 0.3 is 6.09 Å². The fourth-order valence-corrected chi connectivity index (χ4v) is 1.84. The number of nitrogens with one attached hydrogen (secondary N) is 1. The first-order chi connectivity index (χ1) is 8.19. The van der Waals surface area contributed by atoms with Crippen molar-refractivity contribution >= 4 is 12.0 Å². The highest BCUT2D eigenvalue weighted by Gasteiger charge is 2.29. The first kappa shape index (κ1) is 14.8. The quantitative estimate of drug-likeness (QED) is 0.752. The summed E-state index contributed by atoms with van der Waals surface area (Å²) in [6.07, 6.45) is 0.292. The Labute approximate surface area is 108 Å². The first-order valence-corrected chi connectivity index (χ1v) is 6.23. The van der Waals surface area contributed by atoms with E-state index in [2.05, 4.69) is 5.32 Å². The second kappa shape index (κ2) is 5.56. The minimum atomic E-state index is -0.510. The summed E-state index contributed by atoms with van der Waals surface area (Å²) in [7, 11) is 0. The van der Waals surface area contributed by atoms with E-state index in [9.17, 15) is 9.59 Å². The number of likely N-dealkylation sites (tertiary alicyclic amines) is 1. The Hall–Kier alpha value is -1.30. The summed E-state index contributed by atoms with van der Waals surface area (Å²) in [5.74, 6) is -0.0801. The van der Waals surface area contributed by atoms with Gasteiger partial charge in [-0.2, -0.15) is 0 Å². The molecule has 1 aliphatic heterocycles. The summed E-state index contributed by atoms with van der Waals surface area (Å²) in [5, 5.41) is 2.76. The molecule has 0 aliphatic carbocycles. The maximum atomic E-state index is 11.7. The van der Waals surface area contributed by atoms with Crippen LogP contribution in [0.4, 0.5) is 4.79 Å². The molecule has 1 rings (SSSR count). The van der Waals surface area contributed by atoms with E-state index in [-0.39, 0.29) is 11.9 Å². The van der Waals surface area contributed by atoms with Gasteiger partial charge in [0.15, 0.2) is 0 Å². The molecular formula is C12H23N3O3. The van der Waals surface area contributed by atoms with Crippen LogP contribution in [0.5, 0.6) is 0 Å². The van der Waals surface area contributed by atoms with Crippen LogP contribution in [0.25, 0.3) is 0 Å². The lowest BCUT2D eigenvalue weighted by atomic mass is 10.2. The van der Waals surface area contributed by atoms with Crippen molar-refractivity contribution in [2.45, 2.75) is 51.8 Å². The number of rotatable bonds is 2. The zero-order valence-electron chi connectivity index (χ0n) is 11.5. The van der Waals surface area contributed by atoms with E-state index < -0.39 is 17.7 Å². The van der Waals surface area contributed by atoms with Crippen molar-refractivity contribution in [3.63, 3.8) is 0 Å². The van der Waals surface area contributed by atoms with Crippen molar-refractivity contribution in [3.8, 4) is 0 Å². The predicted molar refractivity (Wildman–Crippen MR) is 68.0 cm³/mol. The lowest BCUT2D eigenvalue weighted by molar-refractivity contribution is -0.131. The van der Waals surface area contributed by atoms with Gasteiger partial charge < -0.3 is 20.7 Å². The summed E-state index contributed by atoms with van der Waals surface area (Å²) in [6, 6.07) is -0.548. The van der Waals surface area contributed by atoms with Gasteiger partial charge in [-0.1, -0.05) is 0 Å². The fraction of sp³-hybridized carbons (Fsp3) is 0.833. The van der Waals surface area contributed by atoms with Crippen molar-refractivity contribution in [1.82, 2.24) is 10.2 Å². The van der Waals surface area contributed by atoms with Crippen LogP contribution in [-0.4, -0.2) is 47.7 Å². The van der Waals surface area contributed by atoms with Gasteiger partial charge in [-0.25, -0.2) is 4.79 Å². The molecule has 1 heterocycles. The van der Waals surface area contributed by atoms with E-state index in [1.54, 1.807) is 11.8 Å². The molecule has 1 saturated heterocycles. The molecule has 1 aliphatic rings. The number of alkyl carbamates (subject to hydrolysis) is 1. The van der Waals surface area contributed by atoms with Crippen molar-refractivity contribution in [1.29, 1.82) is 0 Å². The third-order valence-electron chi connectivity index (χ3n) is 2.61. The van der Waals surface area contributed by atoms with Crippen LogP contribution in [0.3, 0.4) is 0 Å². The van der Waals surface area contributed by atoms with Crippen LogP contribution in [0.2, 0.25) is 0 Å². The van der Waals surface area contributed by atoms with E-state index in [4.69, 9.17) is 10.5 Å². The Morgan fingerprint density at radius 3 is 2.56 bits per heavy atom. The number of nitrogens with zero attached hydrogens (tertiary/aromatic N) is 1. The molecule has 104 valence electrons. The summed E-state index contributed by atoms with van der Waals surface area (Å²) in [6.45, 7) is 8.23. The Morgan fingerprint density at radius 1 is 1.44 bits per heavy atom. The van der Waals surface area contributed by atoms with Crippen LogP contribution >= 0.6 is 0 Å². The highest BCUT2D eigenvalue weighted by atomic mass is 16.6. The molecule has 0 aromatic carbocycles. The van der Waals surface area contributed by atoms with E-state index in [0.717, 1.165) is 6.42 Å². The molecule has 0 radical (unpaired) electrons. The Balaban J connectivity index is 2.39. The van der Waals surface area contributed by atoms with Gasteiger partial charge in [0.2, 0.25) is 5.91 Å². The van der Waals surface area contributed by atoms with Gasteiger partial charge in [-0.3, -0.25) is 4.79 Å². The first-order valence-electron chi connectivity index (χ1n) is 6.23. The van der Waals surface area contributed by atoms with Crippen LogP contribution in [0.1, 0.15) is 34.1 Å². The maximum absolute atomic E-state index is 11.7. The molecule has 0 aromatic heterocycles. The summed E-state index contributed by atoms with van der Waals surface area (Å²) < 4.78 is 5.16. The van der Waals surface area contributed by atoms with Crippen LogP contribution in [0, 0.1) is 0 Å². The molecule has 3 N–H and O–H groups in total. The Bertz CT molecular complexity index is 323. The molecule has 2 amide bonds. The molecule has 0 unspecified atom stereocenters. The monoisotopic (exact) mass is 257 g/mol. The van der Waals surface area contributed by atoms with Crippen molar-refractivity contribution in [2.75, 3.05) is 13.1 Å². The van der Waals surface area contributed by atoms with Crippen LogP contribution in [0.15, 0.2) is 0 Å². The molecule has 0 aromatic rings. The number of ether oxygens (including phenoxy) is 1. The van der Waals surface area contributed by atoms with Gasteiger partial charge in [0.25, 0.3) is 0 Å². The van der Waals surface area contributed by atoms with Crippen molar-refractivity contribution < 1.29 is 14.3 Å². The fourth-order valence-electron chi connectivity index (χ4n) is 1.84. The summed E-state index contributed by atoms with van der Waals surface area (Å²) in [5.41, 5.74) is 5.03. The second-order valence-corrected chi connectivity index (χ2v) is 5.70. The SMILES string of the molecule is C[C@H](N)C(=O)N1CC[C@H](NC(=O)OC(C)(C)C)C1. The molecule has 1 fully saturated rings. The third kappa shape index (κ3) is 4.52. The molecule has 0 saturated carbocycles. The zero-order chi connectivity index (χ0) is 13.9. The highest BCUT2D eigenvalue weighted by Crippen LogP contribution is 2.12. The highest BCUT2D eigenvalue weighted by molar-refractivity contribution is 5.81. The predicted octanol–water partition coefficient (Wildman–Crippen LogP) is 0.459. The maximum Gasteiger partial charge on any atom is 0.407 e. The molecule has 18 heavy (non-hydrogen) atoms. The number of amides is 2. The lowest BCUT2D eigenvalue weighted by Gasteiger charge is -2.22. The van der Waals surface area contributed by atoms with Gasteiger partial charge in [-0.15, -0.1) is 0 Å². The van der Waals surface area contributed by atoms with E-state index >= 15 is 0 Å². The smallest absolute Gasteiger partial charge is 0.407 e. The van der Waals surface area contributed by atoms with Gasteiger partial charge in [0.1, 0.15) is 5.60 Å². The summed E-state index contributed by atoms with van der Waals surface area (Å²) in [4.78, 5) is 24.9. The van der Waals surface area contributed by atoms with Gasteiger partial charge in [0, 0.05) is 13.1 Å². The van der Waals surface area contributed by atoms with Gasteiger partial charge in [-0.05, 0) is 34.1 Å². The van der Waals surface area contributed by atoms with E-state index in [1.165, 1.54) is 0 Å². The Kier molecular flexibility index (Phi) is 4.56. The van der Waals surface area contributed by atoms with Crippen LogP contribution < -0.4 is 11.1 Å². The molecule has 6 heteroatoms. The molecule has 0 bridgehead atoms. The molecule has 0 spiro atoms. The normalized spacial score (nSPS) is 21.6. The lowest BCUT2D eigenvalue weighted by Crippen LogP contribution is -2.44. The topological polar surface area (TPSA) is 84.7 Å². The second-order valence-electron chi connectivity index (χ2n) is 5.70. The van der Waals surface area contributed by atoms with E-state index in [0.29, 0.717) is 13.1 Å². The number of hydrogen-bond acceptors (Lipinski definition) is 4. The minimum absolute atomic E-state index is 0.0532. The number of carbonyl (C=O) groups is 2. The molecule has 2 atom stereocenters. The largest absolute Gasteiger partial charge is 0.444 e. The zero-order valence-corrected chi connectivity index (χ0v) is 11.5. The number of hydrogen-bond donors (Lipinski definition) is 2. The Morgan fingerprint density at radius 2 is 2.06 bits per heavy atom. The average molecular weight is 257 g/mol. The van der Waals surface area contributed by atoms with Crippen molar-refractivity contribution in [2.24, 2.45) is 5.73 Å². The molecular weight excluding hydrogens is 234 g/mol. The minimum Gasteiger partial charge on any atom is -0.444 e. The molecule has 6 nitrogen and oxygen atoms in total. The number of carbonyl (C=O) groups excluding carboxylic acids is 2. The average Bonchev–Trinajstić information content (AvgIpc) is 2.61. The van der Waals surface area contributed by atoms with Gasteiger partial charge in [0.05, 0.1) is 12.1 Å². The third-order valence-corrected chi connectivity index (χ3v) is 2.61. The number of nitrogens with two attached hydrogens (primary N) is 1. The summed E-state index contributed by atoms with van der Waals surface area (Å²) >= 11 is 0.